The van der Waals surface area contributed by atoms with E-state index >= 15 is 0 Å². The third kappa shape index (κ3) is 5.70. The molecule has 2 aromatic carbocycles. The molecule has 9 heteroatoms. The lowest BCUT2D eigenvalue weighted by Gasteiger charge is -2.14. The van der Waals surface area contributed by atoms with Crippen LogP contribution in [0.2, 0.25) is 0 Å². The van der Waals surface area contributed by atoms with Gasteiger partial charge in [-0.2, -0.15) is 0 Å². The van der Waals surface area contributed by atoms with E-state index in [1.54, 1.807) is 12.1 Å². The number of benzene rings is 2. The minimum Gasteiger partial charge on any atom is -0.391 e. The zero-order chi connectivity index (χ0) is 23.2. The molecule has 0 radical (unpaired) electrons. The van der Waals surface area contributed by atoms with Crippen molar-refractivity contribution in [2.75, 3.05) is 6.54 Å². The highest BCUT2D eigenvalue weighted by molar-refractivity contribution is 5.93. The molecule has 172 valence electrons. The molecule has 1 fully saturated rings. The molecule has 4 N–H and O–H groups in total. The number of ether oxygens (including phenoxy) is 1. The molecule has 1 aliphatic heterocycles. The summed E-state index contributed by atoms with van der Waals surface area (Å²) in [6.45, 7) is 0.563. The molecule has 1 aliphatic rings. The fraction of sp³-hybridized carbons (Fsp3) is 0.292. The van der Waals surface area contributed by atoms with E-state index in [9.17, 15) is 19.1 Å². The number of hydrogen-bond donors (Lipinski definition) is 4. The first-order valence-corrected chi connectivity index (χ1v) is 10.7. The number of aromatic nitrogens is 2. The van der Waals surface area contributed by atoms with Crippen LogP contribution in [-0.4, -0.2) is 33.6 Å². The molecule has 0 bridgehead atoms. The van der Waals surface area contributed by atoms with E-state index in [0.29, 0.717) is 31.0 Å². The van der Waals surface area contributed by atoms with Gasteiger partial charge in [-0.25, -0.2) is 9.37 Å². The summed E-state index contributed by atoms with van der Waals surface area (Å²) < 4.78 is 19.0. The number of nitrogens with one attached hydrogen (secondary N) is 3. The lowest BCUT2D eigenvalue weighted by atomic mass is 10.1. The Bertz CT molecular complexity index is 1150. The Hall–Kier alpha value is -3.40. The lowest BCUT2D eigenvalue weighted by Crippen LogP contribution is -2.31. The Morgan fingerprint density at radius 2 is 1.91 bits per heavy atom. The van der Waals surface area contributed by atoms with Crippen molar-refractivity contribution in [1.29, 1.82) is 0 Å². The van der Waals surface area contributed by atoms with Crippen molar-refractivity contribution >= 4 is 5.91 Å². The molecule has 1 aromatic heterocycles. The maximum absolute atomic E-state index is 13.1. The first kappa shape index (κ1) is 22.8. The summed E-state index contributed by atoms with van der Waals surface area (Å²) in [7, 11) is 0. The number of aliphatic hydroxyl groups excluding tert-OH is 1. The largest absolute Gasteiger partial charge is 0.391 e. The number of aliphatic hydroxyl groups is 1. The third-order valence-electron chi connectivity index (χ3n) is 5.52. The standard InChI is InChI=1S/C24H25FN4O4/c25-17-8-6-15(7-9-17)11-27-24(32)21-19(13-30)23(31)29-22(28-21)20-10-18(12-26-20)33-14-16-4-2-1-3-5-16/h1-9,18,20,26,30H,10-14H2,(H,27,32)(H,28,29,31)/t18-,20+/m1/s1. The fourth-order valence-electron chi connectivity index (χ4n) is 3.71. The van der Waals surface area contributed by atoms with Gasteiger partial charge in [-0.05, 0) is 29.7 Å². The van der Waals surface area contributed by atoms with Crippen LogP contribution in [0.4, 0.5) is 4.39 Å². The van der Waals surface area contributed by atoms with E-state index in [4.69, 9.17) is 4.74 Å². The molecule has 0 unspecified atom stereocenters. The van der Waals surface area contributed by atoms with Gasteiger partial charge < -0.3 is 25.5 Å². The van der Waals surface area contributed by atoms with Crippen molar-refractivity contribution in [3.05, 3.63) is 99.0 Å². The monoisotopic (exact) mass is 452 g/mol. The van der Waals surface area contributed by atoms with Crippen molar-refractivity contribution in [2.24, 2.45) is 0 Å². The molecule has 1 amide bonds. The van der Waals surface area contributed by atoms with Gasteiger partial charge in [0.05, 0.1) is 30.9 Å². The van der Waals surface area contributed by atoms with Crippen LogP contribution in [0.3, 0.4) is 0 Å². The number of amides is 1. The van der Waals surface area contributed by atoms with Gasteiger partial charge in [-0.3, -0.25) is 9.59 Å². The SMILES string of the molecule is O=C(NCc1ccc(F)cc1)c1nc([C@@H]2C[C@@H](OCc3ccccc3)CN2)[nH]c(=O)c1CO. The van der Waals surface area contributed by atoms with Gasteiger partial charge in [0.25, 0.3) is 11.5 Å². The van der Waals surface area contributed by atoms with Crippen molar-refractivity contribution in [1.82, 2.24) is 20.6 Å². The van der Waals surface area contributed by atoms with Crippen molar-refractivity contribution in [3.63, 3.8) is 0 Å². The second kappa shape index (κ2) is 10.5. The molecule has 4 rings (SSSR count). The number of carbonyl (C=O) groups excluding carboxylic acids is 1. The fourth-order valence-corrected chi connectivity index (χ4v) is 3.71. The Labute approximate surface area is 189 Å². The smallest absolute Gasteiger partial charge is 0.270 e. The predicted octanol–water partition coefficient (Wildman–Crippen LogP) is 1.95. The van der Waals surface area contributed by atoms with E-state index in [1.807, 2.05) is 30.3 Å². The van der Waals surface area contributed by atoms with Gasteiger partial charge >= 0.3 is 0 Å². The van der Waals surface area contributed by atoms with Crippen LogP contribution in [0.25, 0.3) is 0 Å². The summed E-state index contributed by atoms with van der Waals surface area (Å²) >= 11 is 0. The second-order valence-electron chi connectivity index (χ2n) is 7.86. The molecule has 0 saturated carbocycles. The van der Waals surface area contributed by atoms with E-state index in [0.717, 1.165) is 5.56 Å². The van der Waals surface area contributed by atoms with E-state index < -0.39 is 18.1 Å². The molecule has 2 atom stereocenters. The summed E-state index contributed by atoms with van der Waals surface area (Å²) in [5, 5.41) is 15.6. The topological polar surface area (TPSA) is 116 Å². The zero-order valence-electron chi connectivity index (χ0n) is 17.9. The van der Waals surface area contributed by atoms with Crippen LogP contribution in [0.1, 0.15) is 45.5 Å². The number of carbonyl (C=O) groups is 1. The Kier molecular flexibility index (Phi) is 7.23. The minimum atomic E-state index is -0.622. The molecule has 3 aromatic rings. The summed E-state index contributed by atoms with van der Waals surface area (Å²) in [5.41, 5.74) is 0.958. The highest BCUT2D eigenvalue weighted by atomic mass is 19.1. The normalized spacial score (nSPS) is 17.8. The zero-order valence-corrected chi connectivity index (χ0v) is 17.9. The van der Waals surface area contributed by atoms with Gasteiger partial charge in [0.1, 0.15) is 17.3 Å². The molecule has 33 heavy (non-hydrogen) atoms. The van der Waals surface area contributed by atoms with Crippen LogP contribution < -0.4 is 16.2 Å². The average molecular weight is 452 g/mol. The summed E-state index contributed by atoms with van der Waals surface area (Å²) in [6, 6.07) is 15.2. The molecular formula is C24H25FN4O4. The van der Waals surface area contributed by atoms with E-state index in [-0.39, 0.29) is 35.8 Å². The van der Waals surface area contributed by atoms with Crippen LogP contribution in [0.15, 0.2) is 59.4 Å². The molecule has 8 nitrogen and oxygen atoms in total. The highest BCUT2D eigenvalue weighted by Gasteiger charge is 2.29. The molecule has 0 aliphatic carbocycles. The quantitative estimate of drug-likeness (QED) is 0.415. The van der Waals surface area contributed by atoms with Crippen LogP contribution >= 0.6 is 0 Å². The van der Waals surface area contributed by atoms with Crippen molar-refractivity contribution in [3.8, 4) is 0 Å². The van der Waals surface area contributed by atoms with E-state index in [1.165, 1.54) is 12.1 Å². The maximum Gasteiger partial charge on any atom is 0.270 e. The Balaban J connectivity index is 1.44. The predicted molar refractivity (Wildman–Crippen MR) is 119 cm³/mol. The summed E-state index contributed by atoms with van der Waals surface area (Å²) in [4.78, 5) is 32.3. The number of aromatic amines is 1. The number of H-pyrrole nitrogens is 1. The Morgan fingerprint density at radius 1 is 1.15 bits per heavy atom. The van der Waals surface area contributed by atoms with Crippen LogP contribution in [0, 0.1) is 5.82 Å². The summed E-state index contributed by atoms with van der Waals surface area (Å²) in [6.07, 6.45) is 0.499. The maximum atomic E-state index is 13.1. The first-order valence-electron chi connectivity index (χ1n) is 10.7. The number of halogens is 1. The van der Waals surface area contributed by atoms with E-state index in [2.05, 4.69) is 20.6 Å². The van der Waals surface area contributed by atoms with Crippen LogP contribution in [-0.2, 0) is 24.5 Å². The first-order chi connectivity index (χ1) is 16.0. The third-order valence-corrected chi connectivity index (χ3v) is 5.52. The van der Waals surface area contributed by atoms with Crippen LogP contribution in [0.5, 0.6) is 0 Å². The average Bonchev–Trinajstić information content (AvgIpc) is 3.31. The van der Waals surface area contributed by atoms with Gasteiger partial charge in [-0.1, -0.05) is 42.5 Å². The molecule has 2 heterocycles. The molecule has 0 spiro atoms. The highest BCUT2D eigenvalue weighted by Crippen LogP contribution is 2.23. The Morgan fingerprint density at radius 3 is 2.64 bits per heavy atom. The van der Waals surface area contributed by atoms with Gasteiger partial charge in [0.15, 0.2) is 0 Å². The second-order valence-corrected chi connectivity index (χ2v) is 7.86. The molecule has 1 saturated heterocycles. The van der Waals surface area contributed by atoms with Gasteiger partial charge in [0, 0.05) is 13.1 Å². The number of hydrogen-bond acceptors (Lipinski definition) is 6. The van der Waals surface area contributed by atoms with Crippen molar-refractivity contribution in [2.45, 2.75) is 38.3 Å². The van der Waals surface area contributed by atoms with Gasteiger partial charge in [-0.15, -0.1) is 0 Å². The van der Waals surface area contributed by atoms with Gasteiger partial charge in [0.2, 0.25) is 0 Å². The number of rotatable bonds is 8. The summed E-state index contributed by atoms with van der Waals surface area (Å²) in [5.74, 6) is -0.649. The molecular weight excluding hydrogens is 427 g/mol. The lowest BCUT2D eigenvalue weighted by molar-refractivity contribution is 0.0524. The minimum absolute atomic E-state index is 0.0752. The van der Waals surface area contributed by atoms with Crippen molar-refractivity contribution < 1.29 is 19.0 Å². The number of nitrogens with zero attached hydrogens (tertiary/aromatic N) is 1.